The molecule has 0 saturated heterocycles. The summed E-state index contributed by atoms with van der Waals surface area (Å²) in [5.41, 5.74) is 4.77. The lowest BCUT2D eigenvalue weighted by Gasteiger charge is -2.48. The van der Waals surface area contributed by atoms with Gasteiger partial charge in [-0.3, -0.25) is 9.59 Å². The summed E-state index contributed by atoms with van der Waals surface area (Å²) in [7, 11) is 2.00. The Morgan fingerprint density at radius 3 is 1.95 bits per heavy atom. The Hall–Kier alpha value is -2.71. The summed E-state index contributed by atoms with van der Waals surface area (Å²) in [4.78, 5) is 41.2. The van der Waals surface area contributed by atoms with Gasteiger partial charge < -0.3 is 14.7 Å². The van der Waals surface area contributed by atoms with E-state index < -0.39 is 11.9 Å². The number of aromatic carboxylic acids is 1. The van der Waals surface area contributed by atoms with Crippen molar-refractivity contribution in [2.45, 2.75) is 65.9 Å². The predicted molar refractivity (Wildman–Crippen MR) is 160 cm³/mol. The second-order valence-corrected chi connectivity index (χ2v) is 14.5. The Kier molecular flexibility index (Phi) is 7.41. The minimum atomic E-state index is -0.985. The van der Waals surface area contributed by atoms with Crippen molar-refractivity contribution in [2.75, 3.05) is 7.05 Å². The zero-order valence-electron chi connectivity index (χ0n) is 23.4. The van der Waals surface area contributed by atoms with Crippen LogP contribution in [-0.4, -0.2) is 34.6 Å². The summed E-state index contributed by atoms with van der Waals surface area (Å²) in [5, 5.41) is 9.23. The normalized spacial score (nSPS) is 20.4. The molecule has 1 N–H and O–H groups in total. The maximum absolute atomic E-state index is 13.9. The number of hydrogen-bond donors (Lipinski definition) is 1. The fourth-order valence-electron chi connectivity index (χ4n) is 6.32. The average molecular weight is 671 g/mol. The monoisotopic (exact) mass is 669 g/mol. The molecule has 3 aliphatic rings. The van der Waals surface area contributed by atoms with Crippen molar-refractivity contribution < 1.29 is 24.2 Å². The highest BCUT2D eigenvalue weighted by Gasteiger charge is 2.49. The maximum Gasteiger partial charge on any atom is 0.335 e. The first-order valence-electron chi connectivity index (χ1n) is 13.4. The summed E-state index contributed by atoms with van der Waals surface area (Å²) in [5.74, 6) is -0.820. The molecule has 40 heavy (non-hydrogen) atoms. The molecule has 1 aliphatic heterocycles. The van der Waals surface area contributed by atoms with Crippen molar-refractivity contribution in [1.82, 2.24) is 4.90 Å². The fraction of sp³-hybridized carbons (Fsp3) is 0.406. The molecule has 6 nitrogen and oxygen atoms in total. The van der Waals surface area contributed by atoms with E-state index in [1.807, 2.05) is 19.2 Å². The number of halogens is 2. The van der Waals surface area contributed by atoms with E-state index in [9.17, 15) is 19.5 Å². The van der Waals surface area contributed by atoms with Gasteiger partial charge in [-0.15, -0.1) is 0 Å². The van der Waals surface area contributed by atoms with E-state index in [1.54, 1.807) is 24.3 Å². The third-order valence-corrected chi connectivity index (χ3v) is 9.16. The zero-order valence-corrected chi connectivity index (χ0v) is 26.5. The van der Waals surface area contributed by atoms with Crippen molar-refractivity contribution in [3.63, 3.8) is 0 Å². The van der Waals surface area contributed by atoms with Gasteiger partial charge in [0.2, 0.25) is 0 Å². The first-order chi connectivity index (χ1) is 18.7. The van der Waals surface area contributed by atoms with Crippen LogP contribution in [-0.2, 0) is 16.2 Å². The number of Topliss-reactive ketones (excluding diaryl/α,β-unsaturated/α-hetero) is 2. The van der Waals surface area contributed by atoms with Crippen LogP contribution < -0.4 is 4.74 Å². The van der Waals surface area contributed by atoms with Gasteiger partial charge in [-0.2, -0.15) is 0 Å². The van der Waals surface area contributed by atoms with E-state index in [2.05, 4.69) is 64.5 Å². The molecular weight excluding hydrogens is 638 g/mol. The fourth-order valence-corrected chi connectivity index (χ4v) is 7.69. The number of benzene rings is 2. The van der Waals surface area contributed by atoms with Crippen LogP contribution in [0.4, 0.5) is 0 Å². The highest BCUT2D eigenvalue weighted by Crippen LogP contribution is 2.56. The summed E-state index contributed by atoms with van der Waals surface area (Å²) in [6, 6.07) is 10.4. The number of hydrogen-bond acceptors (Lipinski definition) is 5. The van der Waals surface area contributed by atoms with Crippen molar-refractivity contribution in [3.05, 3.63) is 84.6 Å². The molecule has 0 amide bonds. The molecule has 8 heteroatoms. The molecule has 0 radical (unpaired) electrons. The van der Waals surface area contributed by atoms with Crippen LogP contribution in [0.5, 0.6) is 5.75 Å². The molecule has 0 saturated carbocycles. The van der Waals surface area contributed by atoms with Crippen LogP contribution >= 0.6 is 31.9 Å². The second kappa shape index (κ2) is 10.3. The Morgan fingerprint density at radius 1 is 0.925 bits per heavy atom. The van der Waals surface area contributed by atoms with Crippen LogP contribution in [0.3, 0.4) is 0 Å². The zero-order chi connectivity index (χ0) is 29.1. The van der Waals surface area contributed by atoms with Crippen LogP contribution in [0.1, 0.15) is 80.8 Å². The first-order valence-corrected chi connectivity index (χ1v) is 15.0. The Labute approximate surface area is 251 Å². The molecule has 0 bridgehead atoms. The molecule has 210 valence electrons. The van der Waals surface area contributed by atoms with Gasteiger partial charge in [0.15, 0.2) is 11.6 Å². The van der Waals surface area contributed by atoms with Crippen molar-refractivity contribution in [1.29, 1.82) is 0 Å². The number of ketones is 2. The molecule has 0 spiro atoms. The van der Waals surface area contributed by atoms with Crippen LogP contribution in [0, 0.1) is 10.8 Å². The molecule has 5 rings (SSSR count). The number of allylic oxidation sites excluding steroid dienone is 4. The van der Waals surface area contributed by atoms with Gasteiger partial charge in [0.05, 0.1) is 10.0 Å². The highest BCUT2D eigenvalue weighted by molar-refractivity contribution is 9.11. The second-order valence-electron chi connectivity index (χ2n) is 12.7. The summed E-state index contributed by atoms with van der Waals surface area (Å²) >= 11 is 7.31. The van der Waals surface area contributed by atoms with Gasteiger partial charge in [0.1, 0.15) is 12.4 Å². The number of rotatable bonds is 5. The number of ether oxygens (including phenoxy) is 1. The largest absolute Gasteiger partial charge is 0.487 e. The average Bonchev–Trinajstić information content (AvgIpc) is 2.83. The summed E-state index contributed by atoms with van der Waals surface area (Å²) < 4.78 is 7.92. The summed E-state index contributed by atoms with van der Waals surface area (Å²) in [6.07, 6.45) is 2.32. The van der Waals surface area contributed by atoms with Crippen LogP contribution in [0.25, 0.3) is 0 Å². The molecule has 2 aliphatic carbocycles. The van der Waals surface area contributed by atoms with Crippen molar-refractivity contribution in [2.24, 2.45) is 10.8 Å². The van der Waals surface area contributed by atoms with Crippen LogP contribution in [0.15, 0.2) is 67.9 Å². The highest BCUT2D eigenvalue weighted by atomic mass is 79.9. The van der Waals surface area contributed by atoms with Gasteiger partial charge in [0.25, 0.3) is 0 Å². The Balaban J connectivity index is 1.66. The topological polar surface area (TPSA) is 83.9 Å². The lowest BCUT2D eigenvalue weighted by Crippen LogP contribution is -2.43. The molecule has 0 atom stereocenters. The number of carbonyl (C=O) groups excluding carboxylic acids is 2. The van der Waals surface area contributed by atoms with Gasteiger partial charge >= 0.3 is 5.97 Å². The molecule has 0 fully saturated rings. The molecule has 2 aromatic carbocycles. The molecule has 0 unspecified atom stereocenters. The SMILES string of the molecule is CN1C2=C(C(=O)CC(C)(C)C2)C(c2cc(Br)cc(Br)c2OCc2ccc(C(=O)O)cc2)C2=C1CC(C)(C)CC2=O. The van der Waals surface area contributed by atoms with E-state index in [0.717, 1.165) is 39.8 Å². The molecular formula is C32H33Br2NO5. The molecule has 0 aromatic heterocycles. The van der Waals surface area contributed by atoms with Crippen molar-refractivity contribution in [3.8, 4) is 5.75 Å². The van der Waals surface area contributed by atoms with E-state index in [4.69, 9.17) is 4.74 Å². The van der Waals surface area contributed by atoms with Gasteiger partial charge in [-0.05, 0) is 69.4 Å². The molecule has 2 aromatic rings. The van der Waals surface area contributed by atoms with E-state index in [0.29, 0.717) is 34.2 Å². The van der Waals surface area contributed by atoms with Gasteiger partial charge in [0, 0.05) is 58.4 Å². The number of carboxylic acid groups (broad SMARTS) is 1. The number of carboxylic acids is 1. The Morgan fingerprint density at radius 2 is 1.45 bits per heavy atom. The van der Waals surface area contributed by atoms with Gasteiger partial charge in [-0.1, -0.05) is 55.8 Å². The van der Waals surface area contributed by atoms with E-state index in [-0.39, 0.29) is 34.6 Å². The standard InChI is InChI=1S/C32H33Br2NO5/c1-31(2)12-22-27(24(36)14-31)26(28-23(35(22)5)13-32(3,4)15-25(28)37)20-10-19(33)11-21(34)29(20)40-16-17-6-8-18(9-7-17)30(38)39/h6-11,26H,12-16H2,1-5H3,(H,38,39). The third kappa shape index (κ3) is 5.32. The van der Waals surface area contributed by atoms with Crippen LogP contribution in [0.2, 0.25) is 0 Å². The maximum atomic E-state index is 13.9. The van der Waals surface area contributed by atoms with Crippen molar-refractivity contribution >= 4 is 49.4 Å². The van der Waals surface area contributed by atoms with E-state index >= 15 is 0 Å². The summed E-state index contributed by atoms with van der Waals surface area (Å²) in [6.45, 7) is 8.68. The van der Waals surface area contributed by atoms with Gasteiger partial charge in [-0.25, -0.2) is 4.79 Å². The van der Waals surface area contributed by atoms with E-state index in [1.165, 1.54) is 0 Å². The lowest BCUT2D eigenvalue weighted by atomic mass is 9.63. The minimum absolute atomic E-state index is 0.0681. The lowest BCUT2D eigenvalue weighted by molar-refractivity contribution is -0.119. The Bertz CT molecular complexity index is 1450. The smallest absolute Gasteiger partial charge is 0.335 e. The quantitative estimate of drug-likeness (QED) is 0.350. The molecule has 1 heterocycles. The number of carbonyl (C=O) groups is 3. The predicted octanol–water partition coefficient (Wildman–Crippen LogP) is 7.80. The third-order valence-electron chi connectivity index (χ3n) is 8.11. The number of nitrogens with zero attached hydrogens (tertiary/aromatic N) is 1. The minimum Gasteiger partial charge on any atom is -0.487 e. The first kappa shape index (κ1) is 28.8.